The smallest absolute Gasteiger partial charge is 0.334 e. The highest BCUT2D eigenvalue weighted by Gasteiger charge is 2.26. The van der Waals surface area contributed by atoms with Crippen LogP contribution in [0.25, 0.3) is 0 Å². The van der Waals surface area contributed by atoms with Crippen molar-refractivity contribution in [3.63, 3.8) is 0 Å². The summed E-state index contributed by atoms with van der Waals surface area (Å²) >= 11 is 0. The molecule has 0 aliphatic carbocycles. The Kier molecular flexibility index (Phi) is 4.70. The van der Waals surface area contributed by atoms with Gasteiger partial charge in [-0.3, -0.25) is 4.79 Å². The standard InChI is InChI=1S/C14H18N2O4/c1-20-11(14(18)19)8-16-13(17)12-10-5-3-2-4-9(10)6-7-15-12/h2-5,11-12,15H,6-8H2,1H3,(H,16,17)(H,18,19). The molecule has 20 heavy (non-hydrogen) atoms. The van der Waals surface area contributed by atoms with E-state index in [0.717, 1.165) is 24.1 Å². The number of carboxylic acid groups (broad SMARTS) is 1. The van der Waals surface area contributed by atoms with E-state index in [9.17, 15) is 9.59 Å². The first-order valence-corrected chi connectivity index (χ1v) is 6.48. The van der Waals surface area contributed by atoms with Crippen molar-refractivity contribution in [3.05, 3.63) is 35.4 Å². The first kappa shape index (κ1) is 14.5. The van der Waals surface area contributed by atoms with Gasteiger partial charge in [0.2, 0.25) is 5.91 Å². The summed E-state index contributed by atoms with van der Waals surface area (Å²) in [6.07, 6.45) is -0.145. The summed E-state index contributed by atoms with van der Waals surface area (Å²) in [6.45, 7) is 0.673. The minimum absolute atomic E-state index is 0.0506. The highest BCUT2D eigenvalue weighted by Crippen LogP contribution is 2.22. The van der Waals surface area contributed by atoms with Crippen molar-refractivity contribution in [3.8, 4) is 0 Å². The van der Waals surface area contributed by atoms with Gasteiger partial charge >= 0.3 is 5.97 Å². The lowest BCUT2D eigenvalue weighted by atomic mass is 9.94. The highest BCUT2D eigenvalue weighted by atomic mass is 16.5. The normalized spacial score (nSPS) is 18.9. The van der Waals surface area contributed by atoms with Crippen LogP contribution in [-0.4, -0.2) is 43.3 Å². The first-order chi connectivity index (χ1) is 9.63. The number of carbonyl (C=O) groups is 2. The number of ether oxygens (including phenoxy) is 1. The van der Waals surface area contributed by atoms with Crippen LogP contribution >= 0.6 is 0 Å². The summed E-state index contributed by atoms with van der Waals surface area (Å²) < 4.78 is 4.78. The fourth-order valence-corrected chi connectivity index (χ4v) is 2.31. The van der Waals surface area contributed by atoms with Crippen molar-refractivity contribution in [2.24, 2.45) is 0 Å². The van der Waals surface area contributed by atoms with Gasteiger partial charge < -0.3 is 20.5 Å². The maximum atomic E-state index is 12.2. The molecule has 1 aromatic rings. The monoisotopic (exact) mass is 278 g/mol. The average Bonchev–Trinajstić information content (AvgIpc) is 2.46. The van der Waals surface area contributed by atoms with Gasteiger partial charge in [-0.1, -0.05) is 24.3 Å². The van der Waals surface area contributed by atoms with E-state index < -0.39 is 18.1 Å². The summed E-state index contributed by atoms with van der Waals surface area (Å²) in [7, 11) is 1.30. The maximum Gasteiger partial charge on any atom is 0.334 e. The molecule has 0 spiro atoms. The molecule has 6 nitrogen and oxygen atoms in total. The van der Waals surface area contributed by atoms with Crippen molar-refractivity contribution >= 4 is 11.9 Å². The third-order valence-corrected chi connectivity index (χ3v) is 3.39. The van der Waals surface area contributed by atoms with E-state index in [0.29, 0.717) is 0 Å². The van der Waals surface area contributed by atoms with Crippen LogP contribution in [-0.2, 0) is 20.7 Å². The van der Waals surface area contributed by atoms with Crippen molar-refractivity contribution in [2.75, 3.05) is 20.2 Å². The number of aliphatic carboxylic acids is 1. The lowest BCUT2D eigenvalue weighted by Gasteiger charge is -2.26. The SMILES string of the molecule is COC(CNC(=O)C1NCCc2ccccc21)C(=O)O. The molecule has 1 aliphatic rings. The summed E-state index contributed by atoms with van der Waals surface area (Å²) in [4.78, 5) is 23.0. The average molecular weight is 278 g/mol. The fourth-order valence-electron chi connectivity index (χ4n) is 2.31. The zero-order valence-corrected chi connectivity index (χ0v) is 11.3. The van der Waals surface area contributed by atoms with Crippen LogP contribution in [0.5, 0.6) is 0 Å². The Balaban J connectivity index is 2.02. The van der Waals surface area contributed by atoms with Gasteiger partial charge in [0, 0.05) is 13.7 Å². The van der Waals surface area contributed by atoms with Gasteiger partial charge in [0.1, 0.15) is 6.04 Å². The van der Waals surface area contributed by atoms with E-state index in [-0.39, 0.29) is 12.5 Å². The molecule has 1 aromatic carbocycles. The van der Waals surface area contributed by atoms with Crippen molar-refractivity contribution < 1.29 is 19.4 Å². The number of nitrogens with one attached hydrogen (secondary N) is 2. The van der Waals surface area contributed by atoms with Gasteiger partial charge in [0.25, 0.3) is 0 Å². The number of benzene rings is 1. The van der Waals surface area contributed by atoms with Gasteiger partial charge in [0.15, 0.2) is 6.10 Å². The highest BCUT2D eigenvalue weighted by molar-refractivity contribution is 5.84. The Morgan fingerprint density at radius 1 is 1.50 bits per heavy atom. The van der Waals surface area contributed by atoms with E-state index in [1.54, 1.807) is 0 Å². The molecule has 1 heterocycles. The molecule has 0 radical (unpaired) electrons. The molecule has 0 fully saturated rings. The largest absolute Gasteiger partial charge is 0.479 e. The predicted octanol–water partition coefficient (Wildman–Crippen LogP) is 0.0892. The van der Waals surface area contributed by atoms with Crippen molar-refractivity contribution in [1.82, 2.24) is 10.6 Å². The topological polar surface area (TPSA) is 87.7 Å². The molecule has 2 atom stereocenters. The van der Waals surface area contributed by atoms with Crippen LogP contribution in [0.1, 0.15) is 17.2 Å². The molecular formula is C14H18N2O4. The molecular weight excluding hydrogens is 260 g/mol. The zero-order chi connectivity index (χ0) is 14.5. The lowest BCUT2D eigenvalue weighted by Crippen LogP contribution is -2.45. The molecule has 0 bridgehead atoms. The van der Waals surface area contributed by atoms with Crippen LogP contribution < -0.4 is 10.6 Å². The second-order valence-corrected chi connectivity index (χ2v) is 4.64. The van der Waals surface area contributed by atoms with Gasteiger partial charge in [0.05, 0.1) is 6.54 Å². The minimum Gasteiger partial charge on any atom is -0.479 e. The molecule has 0 saturated carbocycles. The van der Waals surface area contributed by atoms with Crippen LogP contribution in [0.4, 0.5) is 0 Å². The van der Waals surface area contributed by atoms with Gasteiger partial charge in [-0.05, 0) is 17.5 Å². The zero-order valence-electron chi connectivity index (χ0n) is 11.3. The minimum atomic E-state index is -1.09. The molecule has 0 aromatic heterocycles. The molecule has 2 unspecified atom stereocenters. The van der Waals surface area contributed by atoms with E-state index in [4.69, 9.17) is 9.84 Å². The van der Waals surface area contributed by atoms with Gasteiger partial charge in [-0.2, -0.15) is 0 Å². The second kappa shape index (κ2) is 6.49. The molecule has 1 amide bonds. The summed E-state index contributed by atoms with van der Waals surface area (Å²) in [5.74, 6) is -1.33. The first-order valence-electron chi connectivity index (χ1n) is 6.48. The number of rotatable bonds is 5. The number of hydrogen-bond acceptors (Lipinski definition) is 4. The molecule has 6 heteroatoms. The van der Waals surface area contributed by atoms with Gasteiger partial charge in [-0.15, -0.1) is 0 Å². The summed E-state index contributed by atoms with van der Waals surface area (Å²) in [5.41, 5.74) is 2.09. The Hall–Kier alpha value is -1.92. The molecule has 0 saturated heterocycles. The van der Waals surface area contributed by atoms with E-state index >= 15 is 0 Å². The van der Waals surface area contributed by atoms with E-state index in [1.165, 1.54) is 7.11 Å². The number of hydrogen-bond donors (Lipinski definition) is 3. The summed E-state index contributed by atoms with van der Waals surface area (Å²) in [6, 6.07) is 7.32. The lowest BCUT2D eigenvalue weighted by molar-refractivity contribution is -0.148. The predicted molar refractivity (Wildman–Crippen MR) is 72.3 cm³/mol. The van der Waals surface area contributed by atoms with Crippen LogP contribution in [0.2, 0.25) is 0 Å². The van der Waals surface area contributed by atoms with Crippen molar-refractivity contribution in [1.29, 1.82) is 0 Å². The third-order valence-electron chi connectivity index (χ3n) is 3.39. The quantitative estimate of drug-likeness (QED) is 0.710. The van der Waals surface area contributed by atoms with Crippen molar-refractivity contribution in [2.45, 2.75) is 18.6 Å². The summed E-state index contributed by atoms with van der Waals surface area (Å²) in [5, 5.41) is 14.6. The fraction of sp³-hybridized carbons (Fsp3) is 0.429. The number of carboxylic acids is 1. The Bertz CT molecular complexity index is 504. The number of carbonyl (C=O) groups excluding carboxylic acids is 1. The molecule has 3 N–H and O–H groups in total. The number of amides is 1. The third kappa shape index (κ3) is 3.15. The van der Waals surface area contributed by atoms with E-state index in [2.05, 4.69) is 10.6 Å². The maximum absolute atomic E-state index is 12.2. The molecule has 1 aliphatic heterocycles. The van der Waals surface area contributed by atoms with Crippen LogP contribution in [0, 0.1) is 0 Å². The second-order valence-electron chi connectivity index (χ2n) is 4.64. The molecule has 2 rings (SSSR count). The Morgan fingerprint density at radius 3 is 2.95 bits per heavy atom. The van der Waals surface area contributed by atoms with Gasteiger partial charge in [-0.25, -0.2) is 4.79 Å². The van der Waals surface area contributed by atoms with Crippen LogP contribution in [0.15, 0.2) is 24.3 Å². The Morgan fingerprint density at radius 2 is 2.25 bits per heavy atom. The number of methoxy groups -OCH3 is 1. The molecule has 108 valence electrons. The van der Waals surface area contributed by atoms with Crippen LogP contribution in [0.3, 0.4) is 0 Å². The van der Waals surface area contributed by atoms with E-state index in [1.807, 2.05) is 24.3 Å². The number of fused-ring (bicyclic) bond motifs is 1. The Labute approximate surface area is 117 Å².